The van der Waals surface area contributed by atoms with Crippen LogP contribution in [0, 0.1) is 25.6 Å². The fourth-order valence-electron chi connectivity index (χ4n) is 10.9. The Bertz CT molecular complexity index is 3370. The number of likely N-dealkylation sites (N-methyl/N-ethyl adjacent to an activating group) is 1. The molecule has 0 aliphatic carbocycles. The number of carbonyl (C=O) groups is 5. The number of hydrogen-bond donors (Lipinski definition) is 6. The molecule has 3 aromatic heterocycles. The van der Waals surface area contributed by atoms with Gasteiger partial charge in [-0.25, -0.2) is 9.37 Å². The number of carbonyl (C=O) groups excluding carboxylic acids is 5. The fraction of sp³-hybridized carbons (Fsp3) is 0.443. The van der Waals surface area contributed by atoms with Crippen LogP contribution in [-0.4, -0.2) is 124 Å². The quantitative estimate of drug-likeness (QED) is 0.0276. The zero-order valence-corrected chi connectivity index (χ0v) is 48.9. The van der Waals surface area contributed by atoms with E-state index in [1.165, 1.54) is 34.4 Å². The molecule has 448 valence electrons. The van der Waals surface area contributed by atoms with E-state index >= 15 is 4.39 Å². The minimum atomic E-state index is -5.00. The van der Waals surface area contributed by atoms with Gasteiger partial charge in [0.25, 0.3) is 11.8 Å². The minimum absolute atomic E-state index is 0.0241. The number of aliphatic hydroxyl groups is 1. The number of halogens is 4. The lowest BCUT2D eigenvalue weighted by Crippen LogP contribution is -2.55. The molecular weight excluding hydrogens is 1110 g/mol. The van der Waals surface area contributed by atoms with Gasteiger partial charge >= 0.3 is 6.18 Å². The van der Waals surface area contributed by atoms with Gasteiger partial charge in [-0.15, -0.1) is 11.3 Å². The zero-order chi connectivity index (χ0) is 60.6. The Labute approximate surface area is 488 Å². The number of nitrogens with zero attached hydrogens (tertiary/aromatic N) is 5. The summed E-state index contributed by atoms with van der Waals surface area (Å²) in [5.41, 5.74) is 2.75. The first kappa shape index (κ1) is 62.3. The molecule has 2 unspecified atom stereocenters. The van der Waals surface area contributed by atoms with E-state index in [4.69, 9.17) is 4.52 Å². The van der Waals surface area contributed by atoms with Crippen molar-refractivity contribution in [2.24, 2.45) is 5.92 Å². The second-order valence-electron chi connectivity index (χ2n) is 22.3. The Hall–Kier alpha value is -7.76. The molecule has 6 aromatic rings. The highest BCUT2D eigenvalue weighted by atomic mass is 32.1. The lowest BCUT2D eigenvalue weighted by molar-refractivity contribution is -0.141. The number of β-amino-alcohol motifs (C(OH)–C–C–N with tert-alkyl or cyclic N) is 1. The maximum atomic E-state index is 16.0. The van der Waals surface area contributed by atoms with Crippen LogP contribution in [0.2, 0.25) is 0 Å². The van der Waals surface area contributed by atoms with Crippen LogP contribution in [0.25, 0.3) is 21.6 Å². The van der Waals surface area contributed by atoms with Gasteiger partial charge in [-0.2, -0.15) is 13.2 Å². The molecule has 6 atom stereocenters. The molecule has 6 N–H and O–H groups in total. The van der Waals surface area contributed by atoms with E-state index in [2.05, 4.69) is 41.3 Å². The number of aryl methyl sites for hydroxylation is 2. The number of anilines is 2. The number of piperazine rings is 1. The van der Waals surface area contributed by atoms with Crippen molar-refractivity contribution in [1.29, 1.82) is 0 Å². The molecule has 84 heavy (non-hydrogen) atoms. The van der Waals surface area contributed by atoms with Crippen LogP contribution in [0.5, 0.6) is 0 Å². The summed E-state index contributed by atoms with van der Waals surface area (Å²) in [5.74, 6) is -4.04. The number of amides is 5. The Morgan fingerprint density at radius 3 is 2.17 bits per heavy atom. The maximum Gasteiger partial charge on any atom is 0.417 e. The number of H-pyrrole nitrogens is 1. The topological polar surface area (TPSA) is 235 Å². The van der Waals surface area contributed by atoms with E-state index in [0.29, 0.717) is 79.6 Å². The van der Waals surface area contributed by atoms with Crippen molar-refractivity contribution in [3.63, 3.8) is 0 Å². The third-order valence-corrected chi connectivity index (χ3v) is 16.7. The molecule has 18 nitrogen and oxygen atoms in total. The highest BCUT2D eigenvalue weighted by molar-refractivity contribution is 7.13. The highest BCUT2D eigenvalue weighted by Crippen LogP contribution is 2.38. The summed E-state index contributed by atoms with van der Waals surface area (Å²) in [6.07, 6.45) is -1.63. The van der Waals surface area contributed by atoms with E-state index in [1.807, 2.05) is 70.8 Å². The van der Waals surface area contributed by atoms with Gasteiger partial charge in [-0.05, 0) is 94.5 Å². The average Bonchev–Trinajstić information content (AvgIpc) is 3.68. The number of aromatic nitrogens is 3. The van der Waals surface area contributed by atoms with Gasteiger partial charge < -0.3 is 45.7 Å². The van der Waals surface area contributed by atoms with Crippen molar-refractivity contribution >= 4 is 52.2 Å². The van der Waals surface area contributed by atoms with E-state index in [0.717, 1.165) is 41.5 Å². The molecule has 0 saturated carbocycles. The first-order valence-electron chi connectivity index (χ1n) is 28.3. The van der Waals surface area contributed by atoms with Crippen LogP contribution in [0.15, 0.2) is 93.8 Å². The first-order valence-corrected chi connectivity index (χ1v) is 29.1. The summed E-state index contributed by atoms with van der Waals surface area (Å²) in [6.45, 7) is 13.2. The third-order valence-electron chi connectivity index (χ3n) is 15.7. The van der Waals surface area contributed by atoms with Gasteiger partial charge in [0, 0.05) is 80.7 Å². The number of nitrogens with one attached hydrogen (secondary N) is 5. The van der Waals surface area contributed by atoms with Crippen molar-refractivity contribution in [3.8, 4) is 21.6 Å². The molecule has 8 rings (SSSR count). The summed E-state index contributed by atoms with van der Waals surface area (Å²) < 4.78 is 63.4. The molecule has 2 aliphatic rings. The summed E-state index contributed by atoms with van der Waals surface area (Å²) >= 11 is 1.51. The molecule has 2 aliphatic heterocycles. The molecule has 5 amide bonds. The second-order valence-corrected chi connectivity index (χ2v) is 23.1. The number of thiazole rings is 1. The van der Waals surface area contributed by atoms with E-state index < -0.39 is 70.5 Å². The first-order chi connectivity index (χ1) is 40.0. The molecule has 0 bridgehead atoms. The average molecular weight is 1180 g/mol. The SMILES string of the molecule is Cc1cc(C(C(=O)N2C[C@H](O)C[C@H]2C(=O)NC(CC(=O)NCCCCCCCNC(=O)c2ccc(-c3ccc(N4C[C@@H](C)N(C)[C@@H](C)C4)c(NC(=O)c4c[nH]c(=O)cc4C(F)(F)F)c3)c(F)c2)c2ccc(-c3scnc3C)cc2)C(C)C)on1. The molecule has 23 heteroatoms. The Balaban J connectivity index is 0.828. The monoisotopic (exact) mass is 1180 g/mol. The number of pyridine rings is 1. The van der Waals surface area contributed by atoms with Gasteiger partial charge in [-0.1, -0.05) is 74.7 Å². The van der Waals surface area contributed by atoms with Gasteiger partial charge in [0.15, 0.2) is 0 Å². The van der Waals surface area contributed by atoms with Gasteiger partial charge in [-0.3, -0.25) is 33.7 Å². The lowest BCUT2D eigenvalue weighted by Gasteiger charge is -2.44. The zero-order valence-electron chi connectivity index (χ0n) is 48.1. The van der Waals surface area contributed by atoms with E-state index in [1.54, 1.807) is 30.6 Å². The molecule has 2 fully saturated rings. The van der Waals surface area contributed by atoms with Crippen molar-refractivity contribution in [3.05, 3.63) is 140 Å². The number of alkyl halides is 3. The van der Waals surface area contributed by atoms with Crippen LogP contribution in [0.1, 0.15) is 134 Å². The maximum absolute atomic E-state index is 16.0. The highest BCUT2D eigenvalue weighted by Gasteiger charge is 2.44. The Morgan fingerprint density at radius 2 is 1.54 bits per heavy atom. The molecular formula is C61H72F4N10O8S. The molecule has 5 heterocycles. The van der Waals surface area contributed by atoms with Crippen LogP contribution >= 0.6 is 11.3 Å². The normalized spacial score (nSPS) is 18.2. The number of rotatable bonds is 22. The Morgan fingerprint density at radius 1 is 0.857 bits per heavy atom. The van der Waals surface area contributed by atoms with Crippen molar-refractivity contribution in [2.75, 3.05) is 50.0 Å². The molecule has 0 spiro atoms. The molecule has 3 aromatic carbocycles. The minimum Gasteiger partial charge on any atom is -0.391 e. The van der Waals surface area contributed by atoms with Crippen molar-refractivity contribution in [2.45, 2.75) is 129 Å². The van der Waals surface area contributed by atoms with Crippen molar-refractivity contribution in [1.82, 2.24) is 40.9 Å². The van der Waals surface area contributed by atoms with Gasteiger partial charge in [0.05, 0.1) is 62.8 Å². The largest absolute Gasteiger partial charge is 0.417 e. The predicted molar refractivity (Wildman–Crippen MR) is 312 cm³/mol. The molecule has 2 saturated heterocycles. The van der Waals surface area contributed by atoms with Crippen LogP contribution in [0.4, 0.5) is 28.9 Å². The van der Waals surface area contributed by atoms with Crippen LogP contribution in [-0.2, 0) is 20.6 Å². The summed E-state index contributed by atoms with van der Waals surface area (Å²) in [7, 11) is 1.99. The number of likely N-dealkylation sites (tertiary alicyclic amines) is 1. The summed E-state index contributed by atoms with van der Waals surface area (Å²) in [5, 5.41) is 26.2. The number of unbranched alkanes of at least 4 members (excludes halogenated alkanes) is 4. The standard InChI is InChI=1S/C61H72F4N10O8S/c1-34(2)55(52-23-35(3)72-83-52)60(82)75-32-43(76)26-51(75)59(81)70-48(39-13-15-40(16-14-39)56-38(6)69-33-84-56)28-54(78)66-21-11-9-8-10-12-22-67-57(79)42-17-19-44(47(62)24-42)41-18-20-50(74-30-36(4)73(7)37(5)31-74)49(25-41)71-58(80)45-29-68-53(77)27-46(45)61(63,64)65/h13-20,23-25,27,29,33-34,36-37,43,48,51,55,76H,8-12,21-22,26,28,30-32H2,1-7H3,(H,66,78)(H,67,79)(H,68,77)(H,70,81)(H,71,80)/t36-,37+,43-,48?,51+,55?/m1/s1. The van der Waals surface area contributed by atoms with Gasteiger partial charge in [0.2, 0.25) is 23.3 Å². The number of benzene rings is 3. The molecule has 0 radical (unpaired) electrons. The fourth-order valence-corrected chi connectivity index (χ4v) is 11.8. The van der Waals surface area contributed by atoms with E-state index in [-0.39, 0.29) is 66.0 Å². The predicted octanol–water partition coefficient (Wildman–Crippen LogP) is 9.15. The summed E-state index contributed by atoms with van der Waals surface area (Å²) in [4.78, 5) is 93.6. The smallest absolute Gasteiger partial charge is 0.391 e. The van der Waals surface area contributed by atoms with Crippen molar-refractivity contribution < 1.29 is 51.2 Å². The van der Waals surface area contributed by atoms with Gasteiger partial charge in [0.1, 0.15) is 23.5 Å². The number of aromatic amines is 1. The number of aliphatic hydroxyl groups excluding tert-OH is 1. The second kappa shape index (κ2) is 27.3. The third kappa shape index (κ3) is 15.1. The lowest BCUT2D eigenvalue weighted by atomic mass is 9.91. The Kier molecular flexibility index (Phi) is 20.2. The van der Waals surface area contributed by atoms with Crippen LogP contribution < -0.4 is 31.7 Å². The van der Waals surface area contributed by atoms with Crippen LogP contribution in [0.3, 0.4) is 0 Å². The van der Waals surface area contributed by atoms with E-state index in [9.17, 15) is 47.0 Å². The summed E-state index contributed by atoms with van der Waals surface area (Å²) in [6, 6.07) is 16.8. The number of hydrogen-bond acceptors (Lipinski definition) is 13.